The van der Waals surface area contributed by atoms with E-state index in [0.717, 1.165) is 33.8 Å². The van der Waals surface area contributed by atoms with Crippen LogP contribution in [-0.4, -0.2) is 99.4 Å². The summed E-state index contributed by atoms with van der Waals surface area (Å²) in [5.74, 6) is -3.85. The van der Waals surface area contributed by atoms with Gasteiger partial charge in [0.15, 0.2) is 22.5 Å². The van der Waals surface area contributed by atoms with E-state index in [4.69, 9.17) is 21.7 Å². The predicted molar refractivity (Wildman–Crippen MR) is 269 cm³/mol. The van der Waals surface area contributed by atoms with Crippen molar-refractivity contribution in [2.45, 2.75) is 97.3 Å². The van der Waals surface area contributed by atoms with Gasteiger partial charge in [0.25, 0.3) is 5.91 Å². The molecule has 4 heterocycles. The molecule has 3 amide bonds. The van der Waals surface area contributed by atoms with Crippen molar-refractivity contribution in [1.82, 2.24) is 25.5 Å². The summed E-state index contributed by atoms with van der Waals surface area (Å²) >= 11 is 7.08. The van der Waals surface area contributed by atoms with Gasteiger partial charge in [0.2, 0.25) is 11.8 Å². The standard InChI is InChI=1S/C52H55F5N8O6S2/c1-30-44(73-29-62-30)32-11-9-31(10-12-32)26-61-46(67)40-24-36(66)28-63(40)47(68)45(50(2,3)4)59-19-22-70-20-7-8-21-71-41-18-14-33(23-37(41)53)38-16-15-35(27-60-38)65-49(72)64(48(69)51(65,5)6)39-17-13-34(25-58)42(43(39)54)52(55,56)57/h9-18,23,27,29,36,40,45,59,66H,7-8,19-22,24,26,28H2,1-6H3,(H,61,67)/t36-,40+,45-/m1/s1. The minimum Gasteiger partial charge on any atom is -0.491 e. The molecule has 2 aromatic heterocycles. The number of carbonyl (C=O) groups is 3. The Bertz CT molecular complexity index is 2890. The van der Waals surface area contributed by atoms with E-state index in [1.54, 1.807) is 35.0 Å². The number of nitrogens with zero attached hydrogens (tertiary/aromatic N) is 6. The molecule has 2 aliphatic heterocycles. The highest BCUT2D eigenvalue weighted by Crippen LogP contribution is 2.42. The maximum absolute atomic E-state index is 15.4. The Morgan fingerprint density at radius 2 is 1.71 bits per heavy atom. The molecule has 7 rings (SSSR count). The highest BCUT2D eigenvalue weighted by molar-refractivity contribution is 7.81. The van der Waals surface area contributed by atoms with Crippen molar-refractivity contribution < 1.29 is 50.9 Å². The summed E-state index contributed by atoms with van der Waals surface area (Å²) in [6.45, 7) is 12.2. The van der Waals surface area contributed by atoms with E-state index in [9.17, 15) is 37.9 Å². The minimum absolute atomic E-state index is 0.0213. The van der Waals surface area contributed by atoms with E-state index in [-0.39, 0.29) is 54.5 Å². The number of β-amino-alcohol motifs (C(OH)–C–C–N with tert-alkyl or cyclic N) is 1. The first-order valence-corrected chi connectivity index (χ1v) is 24.8. The second-order valence-corrected chi connectivity index (χ2v) is 20.5. The highest BCUT2D eigenvalue weighted by atomic mass is 32.1. The van der Waals surface area contributed by atoms with Gasteiger partial charge < -0.3 is 35.0 Å². The zero-order chi connectivity index (χ0) is 53.0. The fraction of sp³-hybridized carbons (Fsp3) is 0.404. The number of anilines is 2. The first-order chi connectivity index (χ1) is 34.5. The Morgan fingerprint density at radius 1 is 1.00 bits per heavy atom. The van der Waals surface area contributed by atoms with Gasteiger partial charge in [-0.1, -0.05) is 45.0 Å². The van der Waals surface area contributed by atoms with Crippen LogP contribution in [0.1, 0.15) is 76.3 Å². The fourth-order valence-electron chi connectivity index (χ4n) is 8.78. The molecular formula is C52H55F5N8O6S2. The zero-order valence-electron chi connectivity index (χ0n) is 41.0. The Kier molecular flexibility index (Phi) is 16.6. The number of nitriles is 1. The van der Waals surface area contributed by atoms with Gasteiger partial charge in [0.1, 0.15) is 17.1 Å². The molecular weight excluding hydrogens is 992 g/mol. The van der Waals surface area contributed by atoms with E-state index >= 15 is 8.78 Å². The molecule has 3 atom stereocenters. The summed E-state index contributed by atoms with van der Waals surface area (Å²) in [5.41, 5.74) is 0.192. The summed E-state index contributed by atoms with van der Waals surface area (Å²) in [6.07, 6.45) is -3.41. The molecule has 5 aromatic rings. The third-order valence-corrected chi connectivity index (χ3v) is 14.0. The molecule has 386 valence electrons. The Labute approximate surface area is 429 Å². The SMILES string of the molecule is Cc1ncsc1-c1ccc(CNC(=O)[C@@H]2C[C@@H](O)CN2C(=O)[C@@H](NCCOCCCCOc2ccc(-c3ccc(N4C(=S)N(c5ccc(C#N)c(C(F)(F)F)c5F)C(=O)C4(C)C)cn3)cc2F)C(C)(C)C)cc1. The molecule has 21 heteroatoms. The number of thiocarbonyl (C=S) groups is 1. The van der Waals surface area contributed by atoms with Gasteiger partial charge in [-0.2, -0.15) is 18.4 Å². The number of alkyl halides is 3. The number of carbonyl (C=O) groups excluding carboxylic acids is 3. The lowest BCUT2D eigenvalue weighted by molar-refractivity contribution is -0.142. The molecule has 0 bridgehead atoms. The van der Waals surface area contributed by atoms with Crippen molar-refractivity contribution in [3.63, 3.8) is 0 Å². The van der Waals surface area contributed by atoms with Crippen LogP contribution in [0.5, 0.6) is 5.75 Å². The third-order valence-electron chi connectivity index (χ3n) is 12.6. The number of aliphatic hydroxyl groups excluding tert-OH is 1. The quantitative estimate of drug-likeness (QED) is 0.0434. The van der Waals surface area contributed by atoms with Gasteiger partial charge in [-0.3, -0.25) is 24.3 Å². The van der Waals surface area contributed by atoms with E-state index in [0.29, 0.717) is 48.8 Å². The largest absolute Gasteiger partial charge is 0.491 e. The van der Waals surface area contributed by atoms with E-state index in [2.05, 4.69) is 20.6 Å². The van der Waals surface area contributed by atoms with Crippen LogP contribution in [-0.2, 0) is 31.8 Å². The van der Waals surface area contributed by atoms with Gasteiger partial charge >= 0.3 is 6.18 Å². The van der Waals surface area contributed by atoms with E-state index < -0.39 is 69.7 Å². The van der Waals surface area contributed by atoms with Crippen LogP contribution in [0.4, 0.5) is 33.3 Å². The number of aliphatic hydroxyl groups is 1. The van der Waals surface area contributed by atoms with Crippen molar-refractivity contribution in [3.8, 4) is 33.5 Å². The number of hydrogen-bond acceptors (Lipinski definition) is 12. The van der Waals surface area contributed by atoms with Crippen LogP contribution in [0.3, 0.4) is 0 Å². The number of aromatic nitrogens is 2. The normalized spacial score (nSPS) is 17.3. The smallest absolute Gasteiger partial charge is 0.420 e. The monoisotopic (exact) mass is 1050 g/mol. The van der Waals surface area contributed by atoms with E-state index in [1.165, 1.54) is 48.0 Å². The fourth-order valence-corrected chi connectivity index (χ4v) is 10.1. The molecule has 0 radical (unpaired) electrons. The topological polar surface area (TPSA) is 173 Å². The number of benzene rings is 3. The van der Waals surface area contributed by atoms with Crippen molar-refractivity contribution in [3.05, 3.63) is 112 Å². The maximum atomic E-state index is 15.4. The number of hydrogen-bond donors (Lipinski definition) is 3. The molecule has 14 nitrogen and oxygen atoms in total. The van der Waals surface area contributed by atoms with Crippen molar-refractivity contribution >= 4 is 57.8 Å². The zero-order valence-corrected chi connectivity index (χ0v) is 42.6. The molecule has 0 saturated carbocycles. The molecule has 73 heavy (non-hydrogen) atoms. The molecule has 2 fully saturated rings. The number of aryl methyl sites for hydroxylation is 1. The summed E-state index contributed by atoms with van der Waals surface area (Å²) in [6, 6.07) is 16.8. The van der Waals surface area contributed by atoms with Crippen LogP contribution in [0, 0.1) is 35.3 Å². The lowest BCUT2D eigenvalue weighted by atomic mass is 9.85. The summed E-state index contributed by atoms with van der Waals surface area (Å²) in [5, 5.41) is 25.7. The second-order valence-electron chi connectivity index (χ2n) is 19.3. The summed E-state index contributed by atoms with van der Waals surface area (Å²) < 4.78 is 83.6. The maximum Gasteiger partial charge on any atom is 0.420 e. The van der Waals surface area contributed by atoms with Gasteiger partial charge in [-0.25, -0.2) is 13.8 Å². The van der Waals surface area contributed by atoms with Crippen LogP contribution in [0.25, 0.3) is 21.7 Å². The van der Waals surface area contributed by atoms with Gasteiger partial charge in [-0.15, -0.1) is 11.3 Å². The molecule has 0 aliphatic carbocycles. The number of rotatable bonds is 18. The average Bonchev–Trinajstić information content (AvgIpc) is 4.00. The van der Waals surface area contributed by atoms with Crippen LogP contribution < -0.4 is 25.2 Å². The number of nitrogens with one attached hydrogen (secondary N) is 2. The van der Waals surface area contributed by atoms with Gasteiger partial charge in [0, 0.05) is 38.2 Å². The van der Waals surface area contributed by atoms with Crippen LogP contribution in [0.2, 0.25) is 0 Å². The number of likely N-dealkylation sites (tertiary alicyclic amines) is 1. The summed E-state index contributed by atoms with van der Waals surface area (Å²) in [4.78, 5) is 54.3. The lowest BCUT2D eigenvalue weighted by Crippen LogP contribution is -2.57. The molecule has 2 saturated heterocycles. The second kappa shape index (κ2) is 22.4. The van der Waals surface area contributed by atoms with Crippen molar-refractivity contribution in [2.75, 3.05) is 42.7 Å². The lowest BCUT2D eigenvalue weighted by Gasteiger charge is -2.35. The van der Waals surface area contributed by atoms with Crippen LogP contribution >= 0.6 is 23.6 Å². The highest BCUT2D eigenvalue weighted by Gasteiger charge is 2.52. The minimum atomic E-state index is -5.22. The number of unbranched alkanes of at least 4 members (excludes halogenated alkanes) is 1. The molecule has 0 unspecified atom stereocenters. The first-order valence-electron chi connectivity index (χ1n) is 23.5. The first kappa shape index (κ1) is 54.3. The molecule has 3 N–H and O–H groups in total. The van der Waals surface area contributed by atoms with E-state index in [1.807, 2.05) is 52.0 Å². The van der Waals surface area contributed by atoms with Gasteiger partial charge in [-0.05, 0) is 105 Å². The molecule has 3 aromatic carbocycles. The number of ether oxygens (including phenoxy) is 2. The van der Waals surface area contributed by atoms with Crippen molar-refractivity contribution in [2.24, 2.45) is 5.41 Å². The Balaban J connectivity index is 0.848. The van der Waals surface area contributed by atoms with Crippen LogP contribution in [0.15, 0.2) is 78.4 Å². The number of amides is 3. The van der Waals surface area contributed by atoms with Gasteiger partial charge in [0.05, 0.1) is 76.3 Å². The molecule has 2 aliphatic rings. The van der Waals surface area contributed by atoms with Crippen molar-refractivity contribution in [1.29, 1.82) is 5.26 Å². The number of pyridine rings is 1. The third kappa shape index (κ3) is 12.0. The molecule has 0 spiro atoms. The Morgan fingerprint density at radius 3 is 2.34 bits per heavy atom. The number of halogens is 5. The number of thiazole rings is 1. The predicted octanol–water partition coefficient (Wildman–Crippen LogP) is 8.72. The Hall–Kier alpha value is -6.44. The average molecular weight is 1050 g/mol. The summed E-state index contributed by atoms with van der Waals surface area (Å²) in [7, 11) is 0.